The molecule has 2 aromatic rings. The summed E-state index contributed by atoms with van der Waals surface area (Å²) in [5.74, 6) is -1.74. The number of ether oxygens (including phenoxy) is 4. The maximum Gasteiger partial charge on any atom is 0.343 e. The molecule has 2 saturated carbocycles. The topological polar surface area (TPSA) is 105 Å². The van der Waals surface area contributed by atoms with Gasteiger partial charge in [-0.2, -0.15) is 0 Å². The van der Waals surface area contributed by atoms with Gasteiger partial charge in [-0.15, -0.1) is 0 Å². The second-order valence-corrected chi connectivity index (χ2v) is 8.60. The zero-order valence-corrected chi connectivity index (χ0v) is 17.9. The molecular formula is C25H22O8. The third kappa shape index (κ3) is 3.86. The van der Waals surface area contributed by atoms with E-state index in [-0.39, 0.29) is 35.4 Å². The molecule has 3 fully saturated rings. The van der Waals surface area contributed by atoms with Crippen LogP contribution in [-0.4, -0.2) is 43.5 Å². The molecule has 170 valence electrons. The van der Waals surface area contributed by atoms with E-state index in [0.717, 1.165) is 6.42 Å². The Morgan fingerprint density at radius 1 is 1.00 bits per heavy atom. The molecule has 1 heterocycles. The predicted molar refractivity (Wildman–Crippen MR) is 113 cm³/mol. The Hall–Kier alpha value is -3.68. The van der Waals surface area contributed by atoms with Crippen molar-refractivity contribution in [2.75, 3.05) is 13.7 Å². The monoisotopic (exact) mass is 450 g/mol. The normalized spacial score (nSPS) is 26.6. The average molecular weight is 450 g/mol. The van der Waals surface area contributed by atoms with Gasteiger partial charge in [-0.05, 0) is 61.2 Å². The molecule has 2 aliphatic carbocycles. The van der Waals surface area contributed by atoms with Crippen molar-refractivity contribution in [1.29, 1.82) is 0 Å². The number of fused-ring (bicyclic) bond motifs is 1. The van der Waals surface area contributed by atoms with E-state index < -0.39 is 30.4 Å². The average Bonchev–Trinajstić information content (AvgIpc) is 3.46. The van der Waals surface area contributed by atoms with Crippen LogP contribution in [0.3, 0.4) is 0 Å². The number of Topliss-reactive ketones (excluding diaryl/α,β-unsaturated/α-hetero) is 1. The number of benzene rings is 2. The Labute approximate surface area is 189 Å². The third-order valence-corrected chi connectivity index (χ3v) is 6.79. The summed E-state index contributed by atoms with van der Waals surface area (Å²) in [4.78, 5) is 49.5. The molecule has 1 saturated heterocycles. The lowest BCUT2D eigenvalue weighted by molar-refractivity contribution is -0.154. The second-order valence-electron chi connectivity index (χ2n) is 8.60. The van der Waals surface area contributed by atoms with Gasteiger partial charge < -0.3 is 18.9 Å². The summed E-state index contributed by atoms with van der Waals surface area (Å²) >= 11 is 0. The fourth-order valence-electron chi connectivity index (χ4n) is 5.27. The summed E-state index contributed by atoms with van der Waals surface area (Å²) in [6, 6.07) is 12.6. The van der Waals surface area contributed by atoms with Crippen LogP contribution in [0.15, 0.2) is 48.5 Å². The van der Waals surface area contributed by atoms with E-state index in [4.69, 9.17) is 18.9 Å². The first kappa shape index (κ1) is 21.2. The van der Waals surface area contributed by atoms with E-state index >= 15 is 0 Å². The molecule has 8 nitrogen and oxygen atoms in total. The number of hydrogen-bond donors (Lipinski definition) is 0. The Kier molecular flexibility index (Phi) is 5.36. The molecule has 2 aromatic carbocycles. The summed E-state index contributed by atoms with van der Waals surface area (Å²) in [5, 5.41) is 0. The van der Waals surface area contributed by atoms with Crippen LogP contribution < -0.4 is 9.47 Å². The Morgan fingerprint density at radius 3 is 2.55 bits per heavy atom. The Bertz CT molecular complexity index is 1120. The number of carbonyl (C=O) groups is 4. The molecule has 0 amide bonds. The number of carbonyl (C=O) groups excluding carboxylic acids is 4. The molecule has 3 aliphatic rings. The lowest BCUT2D eigenvalue weighted by atomic mass is 9.80. The van der Waals surface area contributed by atoms with Crippen LogP contribution in [0, 0.1) is 23.7 Å². The highest BCUT2D eigenvalue weighted by Crippen LogP contribution is 2.57. The molecule has 5 atom stereocenters. The van der Waals surface area contributed by atoms with Gasteiger partial charge in [-0.25, -0.2) is 4.79 Å². The molecule has 8 heteroatoms. The maximum atomic E-state index is 12.6. The highest BCUT2D eigenvalue weighted by atomic mass is 16.6. The van der Waals surface area contributed by atoms with Crippen molar-refractivity contribution in [3.63, 3.8) is 0 Å². The molecule has 0 N–H and O–H groups in total. The quantitative estimate of drug-likeness (QED) is 0.360. The fourth-order valence-corrected chi connectivity index (χ4v) is 5.27. The summed E-state index contributed by atoms with van der Waals surface area (Å²) in [6.45, 7) is -0.416. The molecule has 5 rings (SSSR count). The molecule has 0 aromatic heterocycles. The molecule has 0 unspecified atom stereocenters. The number of hydrogen-bond acceptors (Lipinski definition) is 8. The largest absolute Gasteiger partial charge is 0.497 e. The van der Waals surface area contributed by atoms with Crippen molar-refractivity contribution in [3.05, 3.63) is 59.7 Å². The van der Waals surface area contributed by atoms with Crippen molar-refractivity contribution in [2.24, 2.45) is 23.7 Å². The summed E-state index contributed by atoms with van der Waals surface area (Å²) in [5.41, 5.74) is 0.650. The van der Waals surface area contributed by atoms with Gasteiger partial charge in [0.15, 0.2) is 12.4 Å². The van der Waals surface area contributed by atoms with Gasteiger partial charge in [0, 0.05) is 11.5 Å². The van der Waals surface area contributed by atoms with Crippen LogP contribution in [0.2, 0.25) is 0 Å². The minimum absolute atomic E-state index is 0.0604. The highest BCUT2D eigenvalue weighted by molar-refractivity contribution is 5.98. The van der Waals surface area contributed by atoms with E-state index in [9.17, 15) is 19.2 Å². The predicted octanol–water partition coefficient (Wildman–Crippen LogP) is 2.84. The lowest BCUT2D eigenvalue weighted by Crippen LogP contribution is -2.34. The van der Waals surface area contributed by atoms with E-state index in [0.29, 0.717) is 23.3 Å². The van der Waals surface area contributed by atoms with Gasteiger partial charge in [0.05, 0.1) is 24.5 Å². The van der Waals surface area contributed by atoms with Gasteiger partial charge in [0.1, 0.15) is 17.6 Å². The first-order valence-electron chi connectivity index (χ1n) is 10.8. The molecule has 2 bridgehead atoms. The summed E-state index contributed by atoms with van der Waals surface area (Å²) in [6.07, 6.45) is 1.43. The van der Waals surface area contributed by atoms with E-state index in [1.807, 2.05) is 0 Å². The molecule has 1 aliphatic heterocycles. The number of methoxy groups -OCH3 is 1. The van der Waals surface area contributed by atoms with Crippen LogP contribution in [0.1, 0.15) is 33.6 Å². The molecule has 0 spiro atoms. The minimum atomic E-state index is -0.555. The van der Waals surface area contributed by atoms with E-state index in [1.165, 1.54) is 31.4 Å². The maximum absolute atomic E-state index is 12.6. The van der Waals surface area contributed by atoms with E-state index in [2.05, 4.69) is 0 Å². The van der Waals surface area contributed by atoms with Crippen molar-refractivity contribution < 1.29 is 38.1 Å². The zero-order chi connectivity index (χ0) is 23.1. The first-order chi connectivity index (χ1) is 15.9. The lowest BCUT2D eigenvalue weighted by Gasteiger charge is -2.22. The van der Waals surface area contributed by atoms with Crippen LogP contribution in [0.25, 0.3) is 0 Å². The van der Waals surface area contributed by atoms with Crippen molar-refractivity contribution in [1.82, 2.24) is 0 Å². The van der Waals surface area contributed by atoms with Crippen LogP contribution >= 0.6 is 0 Å². The van der Waals surface area contributed by atoms with Crippen molar-refractivity contribution >= 4 is 23.7 Å². The minimum Gasteiger partial charge on any atom is -0.497 e. The second kappa shape index (κ2) is 8.35. The Morgan fingerprint density at radius 2 is 1.79 bits per heavy atom. The van der Waals surface area contributed by atoms with Gasteiger partial charge in [0.2, 0.25) is 0 Å². The summed E-state index contributed by atoms with van der Waals surface area (Å²) < 4.78 is 21.0. The van der Waals surface area contributed by atoms with Crippen LogP contribution in [0.5, 0.6) is 11.5 Å². The van der Waals surface area contributed by atoms with E-state index in [1.54, 1.807) is 24.3 Å². The van der Waals surface area contributed by atoms with Gasteiger partial charge >= 0.3 is 17.9 Å². The highest BCUT2D eigenvalue weighted by Gasteiger charge is 2.64. The van der Waals surface area contributed by atoms with Crippen LogP contribution in [0.4, 0.5) is 0 Å². The first-order valence-corrected chi connectivity index (χ1v) is 10.8. The van der Waals surface area contributed by atoms with Crippen molar-refractivity contribution in [2.45, 2.75) is 18.9 Å². The number of rotatable bonds is 7. The molecular weight excluding hydrogens is 428 g/mol. The number of ketones is 1. The third-order valence-electron chi connectivity index (χ3n) is 6.79. The van der Waals surface area contributed by atoms with Gasteiger partial charge in [-0.3, -0.25) is 14.4 Å². The SMILES string of the molecule is COc1cccc(C(=O)Oc2ccc(C(=O)COC(=O)[C@@H]3[C@@H]4C[C@@H]5[C@@H]3C(=O)O[C@@H]5C4)cc2)c1. The zero-order valence-electron chi connectivity index (χ0n) is 17.9. The smallest absolute Gasteiger partial charge is 0.343 e. The van der Waals surface area contributed by atoms with Gasteiger partial charge in [-0.1, -0.05) is 6.07 Å². The van der Waals surface area contributed by atoms with Crippen LogP contribution in [-0.2, 0) is 19.1 Å². The molecule has 0 radical (unpaired) electrons. The fraction of sp³-hybridized carbons (Fsp3) is 0.360. The summed E-state index contributed by atoms with van der Waals surface area (Å²) in [7, 11) is 1.51. The molecule has 33 heavy (non-hydrogen) atoms. The van der Waals surface area contributed by atoms with Crippen molar-refractivity contribution in [3.8, 4) is 11.5 Å². The Balaban J connectivity index is 1.16. The van der Waals surface area contributed by atoms with Gasteiger partial charge in [0.25, 0.3) is 0 Å². The number of esters is 3. The standard InChI is InChI=1S/C25H22O8/c1-30-17-4-2-3-14(9-17)23(27)32-16-7-5-13(6-8-16)19(26)12-31-24(28)21-15-10-18-20(11-15)33-25(29)22(18)21/h2-9,15,18,20-22H,10-12H2,1H3/t15-,18+,20-,21-,22+/m1/s1.